The van der Waals surface area contributed by atoms with E-state index in [1.165, 1.54) is 0 Å². The molecule has 1 aliphatic heterocycles. The summed E-state index contributed by atoms with van der Waals surface area (Å²) in [6.07, 6.45) is 5.47. The number of benzene rings is 1. The first-order chi connectivity index (χ1) is 12.2. The fourth-order valence-electron chi connectivity index (χ4n) is 2.87. The van der Waals surface area contributed by atoms with Crippen molar-refractivity contribution < 1.29 is 4.74 Å². The van der Waals surface area contributed by atoms with Crippen LogP contribution in [-0.2, 0) is 19.6 Å². The summed E-state index contributed by atoms with van der Waals surface area (Å²) in [6, 6.07) is 7.75. The number of fused-ring (bicyclic) bond motifs is 2. The molecule has 126 valence electrons. The Hall–Kier alpha value is -3.22. The zero-order valence-electron chi connectivity index (χ0n) is 13.8. The number of nitrogens with zero attached hydrogens (tertiary/aromatic N) is 4. The van der Waals surface area contributed by atoms with Crippen LogP contribution in [0, 0.1) is 0 Å². The summed E-state index contributed by atoms with van der Waals surface area (Å²) in [6.45, 7) is 0.777. The first-order valence-electron chi connectivity index (χ1n) is 7.99. The molecule has 0 spiro atoms. The largest absolute Gasteiger partial charge is 0.487 e. The van der Waals surface area contributed by atoms with E-state index in [0.717, 1.165) is 17.0 Å². The maximum absolute atomic E-state index is 12.6. The Morgan fingerprint density at radius 2 is 2.16 bits per heavy atom. The number of hydrogen-bond donors (Lipinski definition) is 1. The summed E-state index contributed by atoms with van der Waals surface area (Å²) in [5.41, 5.74) is 2.98. The highest BCUT2D eigenvalue weighted by molar-refractivity contribution is 5.42. The van der Waals surface area contributed by atoms with Crippen LogP contribution in [0.4, 0.5) is 5.95 Å². The van der Waals surface area contributed by atoms with E-state index in [0.29, 0.717) is 30.2 Å². The fourth-order valence-corrected chi connectivity index (χ4v) is 2.87. The van der Waals surface area contributed by atoms with Gasteiger partial charge in [-0.1, -0.05) is 18.2 Å². The number of para-hydroxylation sites is 1. The topological polar surface area (TPSA) is 84.0 Å². The third-order valence-corrected chi connectivity index (χ3v) is 4.17. The minimum absolute atomic E-state index is 0.133. The molecule has 0 saturated heterocycles. The van der Waals surface area contributed by atoms with Gasteiger partial charge in [-0.15, -0.1) is 0 Å². The van der Waals surface area contributed by atoms with Crippen LogP contribution in [0.25, 0.3) is 0 Å². The van der Waals surface area contributed by atoms with Gasteiger partial charge < -0.3 is 9.64 Å². The van der Waals surface area contributed by atoms with Gasteiger partial charge in [-0.2, -0.15) is 0 Å². The third-order valence-electron chi connectivity index (χ3n) is 4.17. The number of H-pyrrole nitrogens is 1. The quantitative estimate of drug-likeness (QED) is 0.784. The average molecular weight is 335 g/mol. The summed E-state index contributed by atoms with van der Waals surface area (Å²) in [5.74, 6) is 1.29. The van der Waals surface area contributed by atoms with Crippen LogP contribution < -0.4 is 15.2 Å². The van der Waals surface area contributed by atoms with Crippen LogP contribution >= 0.6 is 0 Å². The molecule has 3 heterocycles. The molecule has 0 radical (unpaired) electrons. The minimum atomic E-state index is -0.133. The summed E-state index contributed by atoms with van der Waals surface area (Å²) >= 11 is 0. The summed E-state index contributed by atoms with van der Waals surface area (Å²) in [4.78, 5) is 30.2. The van der Waals surface area contributed by atoms with Crippen LogP contribution in [0.5, 0.6) is 5.75 Å². The molecule has 1 aromatic carbocycles. The Morgan fingerprint density at radius 3 is 3.00 bits per heavy atom. The Kier molecular flexibility index (Phi) is 3.89. The van der Waals surface area contributed by atoms with Gasteiger partial charge in [-0.05, 0) is 11.6 Å². The van der Waals surface area contributed by atoms with E-state index in [1.807, 2.05) is 36.2 Å². The van der Waals surface area contributed by atoms with Gasteiger partial charge in [-0.3, -0.25) is 19.7 Å². The first kappa shape index (κ1) is 15.3. The lowest BCUT2D eigenvalue weighted by atomic mass is 10.1. The van der Waals surface area contributed by atoms with Crippen LogP contribution in [0.1, 0.15) is 22.5 Å². The van der Waals surface area contributed by atoms with Gasteiger partial charge in [0, 0.05) is 31.4 Å². The molecule has 0 amide bonds. The highest BCUT2D eigenvalue weighted by Crippen LogP contribution is 2.26. The van der Waals surface area contributed by atoms with Gasteiger partial charge in [0.15, 0.2) is 0 Å². The van der Waals surface area contributed by atoms with Gasteiger partial charge in [0.25, 0.3) is 5.56 Å². The first-order valence-corrected chi connectivity index (χ1v) is 7.99. The van der Waals surface area contributed by atoms with Gasteiger partial charge in [-0.25, -0.2) is 4.98 Å². The zero-order valence-corrected chi connectivity index (χ0v) is 13.8. The average Bonchev–Trinajstić information content (AvgIpc) is 2.82. The molecule has 2 aromatic heterocycles. The molecular formula is C18H17N5O2. The number of ether oxygens (including phenoxy) is 1. The predicted molar refractivity (Wildman–Crippen MR) is 92.6 cm³/mol. The second-order valence-corrected chi connectivity index (χ2v) is 5.94. The number of hydrogen-bond acceptors (Lipinski definition) is 6. The second kappa shape index (κ2) is 6.35. The highest BCUT2D eigenvalue weighted by Gasteiger charge is 2.20. The van der Waals surface area contributed by atoms with E-state index < -0.39 is 0 Å². The van der Waals surface area contributed by atoms with Gasteiger partial charge in [0.2, 0.25) is 5.95 Å². The van der Waals surface area contributed by atoms with Crippen molar-refractivity contribution in [2.24, 2.45) is 0 Å². The number of anilines is 1. The third kappa shape index (κ3) is 3.08. The van der Waals surface area contributed by atoms with E-state index in [-0.39, 0.29) is 12.2 Å². The van der Waals surface area contributed by atoms with E-state index in [9.17, 15) is 4.79 Å². The zero-order chi connectivity index (χ0) is 17.2. The number of aromatic nitrogens is 4. The van der Waals surface area contributed by atoms with Gasteiger partial charge in [0.1, 0.15) is 12.4 Å². The monoisotopic (exact) mass is 335 g/mol. The molecule has 0 unspecified atom stereocenters. The summed E-state index contributed by atoms with van der Waals surface area (Å²) < 4.78 is 5.83. The molecule has 0 aliphatic carbocycles. The molecule has 0 atom stereocenters. The molecule has 25 heavy (non-hydrogen) atoms. The van der Waals surface area contributed by atoms with E-state index in [1.54, 1.807) is 18.6 Å². The molecule has 1 N–H and O–H groups in total. The lowest BCUT2D eigenvalue weighted by molar-refractivity contribution is 0.302. The number of nitrogens with one attached hydrogen (secondary N) is 1. The van der Waals surface area contributed by atoms with Gasteiger partial charge in [0.05, 0.1) is 24.1 Å². The van der Waals surface area contributed by atoms with Crippen molar-refractivity contribution in [2.75, 3.05) is 11.9 Å². The Balaban J connectivity index is 1.65. The van der Waals surface area contributed by atoms with Crippen LogP contribution in [-0.4, -0.2) is 27.0 Å². The SMILES string of the molecule is CN(Cc1cnccn1)c1nc2c(c(=O)[nH]1)Cc1ccccc1OC2. The van der Waals surface area contributed by atoms with Gasteiger partial charge >= 0.3 is 0 Å². The maximum atomic E-state index is 12.6. The second-order valence-electron chi connectivity index (χ2n) is 5.94. The van der Waals surface area contributed by atoms with Crippen LogP contribution in [0.2, 0.25) is 0 Å². The minimum Gasteiger partial charge on any atom is -0.487 e. The fraction of sp³-hybridized carbons (Fsp3) is 0.222. The molecule has 1 aliphatic rings. The predicted octanol–water partition coefficient (Wildman–Crippen LogP) is 1.68. The molecule has 3 aromatic rings. The Bertz CT molecular complexity index is 955. The Labute approximate surface area is 144 Å². The smallest absolute Gasteiger partial charge is 0.256 e. The molecule has 0 fully saturated rings. The molecular weight excluding hydrogens is 318 g/mol. The van der Waals surface area contributed by atoms with Crippen molar-refractivity contribution in [3.05, 3.63) is 75.7 Å². The Morgan fingerprint density at radius 1 is 1.28 bits per heavy atom. The van der Waals surface area contributed by atoms with E-state index in [4.69, 9.17) is 4.74 Å². The molecule has 0 saturated carbocycles. The lowest BCUT2D eigenvalue weighted by Crippen LogP contribution is -2.26. The normalized spacial score (nSPS) is 12.5. The molecule has 4 rings (SSSR count). The van der Waals surface area contributed by atoms with Crippen LogP contribution in [0.15, 0.2) is 47.7 Å². The number of rotatable bonds is 3. The maximum Gasteiger partial charge on any atom is 0.256 e. The van der Waals surface area contributed by atoms with Crippen molar-refractivity contribution >= 4 is 5.95 Å². The molecule has 0 bridgehead atoms. The van der Waals surface area contributed by atoms with Crippen LogP contribution in [0.3, 0.4) is 0 Å². The van der Waals surface area contributed by atoms with Crippen molar-refractivity contribution in [3.63, 3.8) is 0 Å². The number of aromatic amines is 1. The van der Waals surface area contributed by atoms with Crippen molar-refractivity contribution in [2.45, 2.75) is 19.6 Å². The highest BCUT2D eigenvalue weighted by atomic mass is 16.5. The standard InChI is InChI=1S/C18H17N5O2/c1-23(10-13-9-19-6-7-20-13)18-21-15-11-25-16-5-3-2-4-12(16)8-14(15)17(24)22-18/h2-7,9H,8,10-11H2,1H3,(H,21,22,24). The molecule has 7 heteroatoms. The van der Waals surface area contributed by atoms with Crippen molar-refractivity contribution in [1.29, 1.82) is 0 Å². The van der Waals surface area contributed by atoms with Crippen molar-refractivity contribution in [1.82, 2.24) is 19.9 Å². The van der Waals surface area contributed by atoms with E-state index in [2.05, 4.69) is 19.9 Å². The van der Waals surface area contributed by atoms with Crippen molar-refractivity contribution in [3.8, 4) is 5.75 Å². The lowest BCUT2D eigenvalue weighted by Gasteiger charge is -2.18. The summed E-state index contributed by atoms with van der Waals surface area (Å²) in [7, 11) is 1.85. The van der Waals surface area contributed by atoms with E-state index >= 15 is 0 Å². The summed E-state index contributed by atoms with van der Waals surface area (Å²) in [5, 5.41) is 0. The molecule has 7 nitrogen and oxygen atoms in total.